The number of amides is 4. The summed E-state index contributed by atoms with van der Waals surface area (Å²) >= 11 is 0. The van der Waals surface area contributed by atoms with Crippen molar-refractivity contribution in [2.45, 2.75) is 70.3 Å². The van der Waals surface area contributed by atoms with Crippen LogP contribution in [0.1, 0.15) is 40.0 Å². The molecule has 5 atom stereocenters. The van der Waals surface area contributed by atoms with E-state index in [1.165, 1.54) is 6.92 Å². The quantitative estimate of drug-likeness (QED) is 0.0608. The number of carbonyl (C=O) groups is 5. The summed E-state index contributed by atoms with van der Waals surface area (Å²) in [6.45, 7) is 4.75. The summed E-state index contributed by atoms with van der Waals surface area (Å²) in [5.74, 6) is -5.50. The van der Waals surface area contributed by atoms with Crippen LogP contribution < -0.4 is 38.9 Å². The van der Waals surface area contributed by atoms with Crippen LogP contribution in [0, 0.1) is 5.92 Å². The van der Waals surface area contributed by atoms with Gasteiger partial charge in [0, 0.05) is 6.54 Å². The average Bonchev–Trinajstić information content (AvgIpc) is 2.70. The minimum atomic E-state index is -1.65. The summed E-state index contributed by atoms with van der Waals surface area (Å²) in [6, 6.07) is -5.30. The standard InChI is InChI=1S/C19H36N8O7/c1-8(2)13(26-15(30)10(20)5-4-6-24-19(22)23)16(31)27-14(9(3)28)17(32)25-11(18(33)34)7-12(21)29/h8-11,13-14,28H,4-7,20H2,1-3H3,(H2,21,29)(H,25,32)(H,26,30)(H,27,31)(H,33,34)(H4,22,23,24). The van der Waals surface area contributed by atoms with E-state index in [4.69, 9.17) is 28.0 Å². The first kappa shape index (κ1) is 30.5. The number of nitrogens with zero attached hydrogens (tertiary/aromatic N) is 1. The highest BCUT2D eigenvalue weighted by atomic mass is 16.4. The molecule has 15 heteroatoms. The van der Waals surface area contributed by atoms with Gasteiger partial charge in [0.2, 0.25) is 23.6 Å². The highest BCUT2D eigenvalue weighted by Gasteiger charge is 2.34. The Hall–Kier alpha value is -3.46. The van der Waals surface area contributed by atoms with Gasteiger partial charge in [-0.15, -0.1) is 0 Å². The maximum atomic E-state index is 12.8. The molecular formula is C19H36N8O7. The monoisotopic (exact) mass is 488 g/mol. The van der Waals surface area contributed by atoms with Gasteiger partial charge in [0.25, 0.3) is 0 Å². The van der Waals surface area contributed by atoms with Gasteiger partial charge < -0.3 is 49.1 Å². The number of hydrogen-bond donors (Lipinski definition) is 9. The molecule has 34 heavy (non-hydrogen) atoms. The highest BCUT2D eigenvalue weighted by Crippen LogP contribution is 2.06. The molecule has 0 saturated heterocycles. The van der Waals surface area contributed by atoms with E-state index in [1.807, 2.05) is 5.32 Å². The van der Waals surface area contributed by atoms with Crippen LogP contribution >= 0.6 is 0 Å². The molecule has 0 heterocycles. The van der Waals surface area contributed by atoms with Crippen LogP contribution in [0.15, 0.2) is 4.99 Å². The zero-order chi connectivity index (χ0) is 26.6. The summed E-state index contributed by atoms with van der Waals surface area (Å²) in [7, 11) is 0. The van der Waals surface area contributed by atoms with Crippen LogP contribution in [0.5, 0.6) is 0 Å². The van der Waals surface area contributed by atoms with E-state index in [1.54, 1.807) is 13.8 Å². The topological polar surface area (TPSA) is 278 Å². The number of carboxylic acids is 1. The number of rotatable bonds is 15. The highest BCUT2D eigenvalue weighted by molar-refractivity contribution is 5.95. The maximum absolute atomic E-state index is 12.8. The molecule has 4 amide bonds. The number of aliphatic hydroxyl groups excluding tert-OH is 1. The second kappa shape index (κ2) is 14.6. The van der Waals surface area contributed by atoms with Gasteiger partial charge in [0.05, 0.1) is 18.6 Å². The largest absolute Gasteiger partial charge is 0.480 e. The lowest BCUT2D eigenvalue weighted by Crippen LogP contribution is -2.61. The fourth-order valence-electron chi connectivity index (χ4n) is 2.76. The summed E-state index contributed by atoms with van der Waals surface area (Å²) in [5.41, 5.74) is 21.3. The van der Waals surface area contributed by atoms with E-state index in [0.29, 0.717) is 6.42 Å². The van der Waals surface area contributed by atoms with Gasteiger partial charge in [-0.05, 0) is 25.7 Å². The lowest BCUT2D eigenvalue weighted by molar-refractivity contribution is -0.144. The molecule has 13 N–H and O–H groups in total. The molecule has 0 aliphatic rings. The number of primary amides is 1. The number of nitrogens with two attached hydrogens (primary N) is 4. The van der Waals surface area contributed by atoms with Crippen molar-refractivity contribution in [2.24, 2.45) is 33.8 Å². The number of aliphatic carboxylic acids is 1. The molecule has 0 fully saturated rings. The Labute approximate surface area is 197 Å². The fraction of sp³-hybridized carbons (Fsp3) is 0.684. The van der Waals surface area contributed by atoms with Crippen LogP contribution in [0.4, 0.5) is 0 Å². The van der Waals surface area contributed by atoms with Crippen molar-refractivity contribution in [3.8, 4) is 0 Å². The van der Waals surface area contributed by atoms with E-state index in [0.717, 1.165) is 0 Å². The molecule has 0 bridgehead atoms. The van der Waals surface area contributed by atoms with Crippen LogP contribution in [0.3, 0.4) is 0 Å². The molecule has 5 unspecified atom stereocenters. The van der Waals surface area contributed by atoms with E-state index in [2.05, 4.69) is 15.6 Å². The van der Waals surface area contributed by atoms with Crippen molar-refractivity contribution in [1.29, 1.82) is 0 Å². The normalized spacial score (nSPS) is 15.2. The molecule has 0 aromatic rings. The van der Waals surface area contributed by atoms with Gasteiger partial charge in [0.15, 0.2) is 5.96 Å². The van der Waals surface area contributed by atoms with Crippen molar-refractivity contribution in [2.75, 3.05) is 6.54 Å². The molecule has 15 nitrogen and oxygen atoms in total. The first-order valence-electron chi connectivity index (χ1n) is 10.6. The number of aliphatic hydroxyl groups is 1. The molecule has 0 aromatic carbocycles. The first-order chi connectivity index (χ1) is 15.7. The minimum absolute atomic E-state index is 0.0874. The maximum Gasteiger partial charge on any atom is 0.326 e. The molecule has 0 aliphatic carbocycles. The summed E-state index contributed by atoms with van der Waals surface area (Å²) in [6.07, 6.45) is -1.46. The molecule has 0 spiro atoms. The predicted molar refractivity (Wildman–Crippen MR) is 122 cm³/mol. The van der Waals surface area contributed by atoms with Crippen molar-refractivity contribution in [1.82, 2.24) is 16.0 Å². The summed E-state index contributed by atoms with van der Waals surface area (Å²) in [5, 5.41) is 25.9. The van der Waals surface area contributed by atoms with Gasteiger partial charge >= 0.3 is 5.97 Å². The minimum Gasteiger partial charge on any atom is -0.480 e. The van der Waals surface area contributed by atoms with Crippen LogP contribution in [0.25, 0.3) is 0 Å². The number of guanidine groups is 1. The third-order valence-electron chi connectivity index (χ3n) is 4.63. The Bertz CT molecular complexity index is 768. The Balaban J connectivity index is 5.25. The third-order valence-corrected chi connectivity index (χ3v) is 4.63. The number of carbonyl (C=O) groups excluding carboxylic acids is 4. The zero-order valence-corrected chi connectivity index (χ0v) is 19.5. The molecular weight excluding hydrogens is 452 g/mol. The van der Waals surface area contributed by atoms with Gasteiger partial charge in [-0.3, -0.25) is 24.2 Å². The third kappa shape index (κ3) is 11.4. The van der Waals surface area contributed by atoms with Gasteiger partial charge in [-0.1, -0.05) is 13.8 Å². The molecule has 194 valence electrons. The Kier molecular flexibility index (Phi) is 13.2. The fourth-order valence-corrected chi connectivity index (χ4v) is 2.76. The van der Waals surface area contributed by atoms with Crippen molar-refractivity contribution in [3.63, 3.8) is 0 Å². The summed E-state index contributed by atoms with van der Waals surface area (Å²) < 4.78 is 0. The number of hydrogen-bond acceptors (Lipinski definition) is 8. The number of carboxylic acid groups (broad SMARTS) is 1. The molecule has 0 radical (unpaired) electrons. The number of aliphatic imine (C=N–C) groups is 1. The Morgan fingerprint density at radius 3 is 1.85 bits per heavy atom. The summed E-state index contributed by atoms with van der Waals surface area (Å²) in [4.78, 5) is 63.8. The SMILES string of the molecule is CC(C)C(NC(=O)C(N)CCCN=C(N)N)C(=O)NC(C(=O)NC(CC(N)=O)C(=O)O)C(C)O. The lowest BCUT2D eigenvalue weighted by Gasteiger charge is -2.28. The zero-order valence-electron chi connectivity index (χ0n) is 19.5. The van der Waals surface area contributed by atoms with E-state index in [9.17, 15) is 29.1 Å². The average molecular weight is 489 g/mol. The predicted octanol–water partition coefficient (Wildman–Crippen LogP) is -4.18. The van der Waals surface area contributed by atoms with E-state index >= 15 is 0 Å². The molecule has 0 saturated carbocycles. The number of nitrogens with one attached hydrogen (secondary N) is 3. The second-order valence-corrected chi connectivity index (χ2v) is 8.08. The van der Waals surface area contributed by atoms with Crippen LogP contribution in [-0.2, 0) is 24.0 Å². The van der Waals surface area contributed by atoms with Crippen molar-refractivity contribution >= 4 is 35.6 Å². The lowest BCUT2D eigenvalue weighted by atomic mass is 10.0. The molecule has 0 aromatic heterocycles. The van der Waals surface area contributed by atoms with Gasteiger partial charge in [-0.25, -0.2) is 4.79 Å². The van der Waals surface area contributed by atoms with Crippen molar-refractivity contribution < 1.29 is 34.2 Å². The second-order valence-electron chi connectivity index (χ2n) is 8.08. The van der Waals surface area contributed by atoms with Crippen LogP contribution in [-0.4, -0.2) is 82.6 Å². The molecule has 0 rings (SSSR count). The van der Waals surface area contributed by atoms with Gasteiger partial charge in [-0.2, -0.15) is 0 Å². The Morgan fingerprint density at radius 1 is 0.882 bits per heavy atom. The Morgan fingerprint density at radius 2 is 1.41 bits per heavy atom. The van der Waals surface area contributed by atoms with E-state index in [-0.39, 0.29) is 18.9 Å². The van der Waals surface area contributed by atoms with Crippen molar-refractivity contribution in [3.05, 3.63) is 0 Å². The van der Waals surface area contributed by atoms with Gasteiger partial charge in [0.1, 0.15) is 18.1 Å². The molecule has 0 aliphatic heterocycles. The smallest absolute Gasteiger partial charge is 0.326 e. The van der Waals surface area contributed by atoms with Crippen LogP contribution in [0.2, 0.25) is 0 Å². The van der Waals surface area contributed by atoms with E-state index < -0.39 is 72.2 Å². The first-order valence-corrected chi connectivity index (χ1v) is 10.6.